The average Bonchev–Trinajstić information content (AvgIpc) is 3.14. The minimum Gasteiger partial charge on any atom is -0.292 e. The number of aromatic nitrogens is 3. The Morgan fingerprint density at radius 1 is 0.889 bits per heavy atom. The van der Waals surface area contributed by atoms with E-state index in [4.69, 9.17) is 0 Å². The van der Waals surface area contributed by atoms with Crippen LogP contribution in [-0.2, 0) is 10.8 Å². The maximum Gasteiger partial charge on any atom is 0.144 e. The highest BCUT2D eigenvalue weighted by molar-refractivity contribution is 7.84. The summed E-state index contributed by atoms with van der Waals surface area (Å²) < 4.78 is 27.0. The molecule has 4 nitrogen and oxygen atoms in total. The second kappa shape index (κ2) is 7.25. The van der Waals surface area contributed by atoms with Crippen LogP contribution in [0.15, 0.2) is 84.1 Å². The predicted octanol–water partition coefficient (Wildman–Crippen LogP) is 4.48. The number of pyridine rings is 1. The summed E-state index contributed by atoms with van der Waals surface area (Å²) >= 11 is 0. The zero-order valence-corrected chi connectivity index (χ0v) is 15.4. The lowest BCUT2D eigenvalue weighted by molar-refractivity contribution is 0.628. The normalized spacial score (nSPS) is 12.1. The zero-order valence-electron chi connectivity index (χ0n) is 14.5. The summed E-state index contributed by atoms with van der Waals surface area (Å²) in [5.41, 5.74) is 3.51. The van der Waals surface area contributed by atoms with Gasteiger partial charge in [-0.15, -0.1) is 0 Å². The van der Waals surface area contributed by atoms with Crippen molar-refractivity contribution in [3.05, 3.63) is 85.1 Å². The number of hydrogen-bond acceptors (Lipinski definition) is 3. The lowest BCUT2D eigenvalue weighted by Gasteiger charge is -2.12. The highest BCUT2D eigenvalue weighted by Crippen LogP contribution is 2.30. The van der Waals surface area contributed by atoms with Crippen molar-refractivity contribution in [2.45, 2.75) is 4.90 Å². The standard InChI is InChI=1S/C21H16FN3OS/c1-27(26)19-8-4-16(5-9-19)21-24-14-20(15-2-6-17(22)7-3-15)25(21)18-10-12-23-13-11-18/h2-14H,1H3. The lowest BCUT2D eigenvalue weighted by atomic mass is 10.1. The molecule has 0 aliphatic rings. The largest absolute Gasteiger partial charge is 0.292 e. The molecule has 6 heteroatoms. The Morgan fingerprint density at radius 2 is 1.52 bits per heavy atom. The maximum atomic E-state index is 13.3. The summed E-state index contributed by atoms with van der Waals surface area (Å²) in [7, 11) is -1.03. The van der Waals surface area contributed by atoms with Crippen LogP contribution < -0.4 is 0 Å². The molecular formula is C21H16FN3OS. The Labute approximate surface area is 158 Å². The smallest absolute Gasteiger partial charge is 0.144 e. The molecule has 1 atom stereocenters. The maximum absolute atomic E-state index is 13.3. The van der Waals surface area contributed by atoms with Crippen molar-refractivity contribution in [1.29, 1.82) is 0 Å². The molecule has 4 rings (SSSR count). The van der Waals surface area contributed by atoms with Gasteiger partial charge in [0.2, 0.25) is 0 Å². The number of imidazole rings is 1. The van der Waals surface area contributed by atoms with E-state index in [9.17, 15) is 8.60 Å². The molecule has 0 spiro atoms. The van der Waals surface area contributed by atoms with Crippen LogP contribution in [0.4, 0.5) is 4.39 Å². The van der Waals surface area contributed by atoms with Gasteiger partial charge in [0, 0.05) is 45.5 Å². The van der Waals surface area contributed by atoms with E-state index >= 15 is 0 Å². The lowest BCUT2D eigenvalue weighted by Crippen LogP contribution is -2.00. The molecule has 27 heavy (non-hydrogen) atoms. The molecule has 2 aromatic heterocycles. The van der Waals surface area contributed by atoms with Gasteiger partial charge < -0.3 is 0 Å². The summed E-state index contributed by atoms with van der Waals surface area (Å²) in [6.45, 7) is 0. The molecule has 0 aliphatic carbocycles. The Hall–Kier alpha value is -3.12. The number of halogens is 1. The van der Waals surface area contributed by atoms with Gasteiger partial charge in [0.05, 0.1) is 17.6 Å². The molecule has 0 aliphatic heterocycles. The number of benzene rings is 2. The summed E-state index contributed by atoms with van der Waals surface area (Å²) in [6, 6.07) is 17.6. The van der Waals surface area contributed by atoms with Gasteiger partial charge in [-0.05, 0) is 48.5 Å². The predicted molar refractivity (Wildman–Crippen MR) is 105 cm³/mol. The van der Waals surface area contributed by atoms with Crippen molar-refractivity contribution in [3.8, 4) is 28.3 Å². The van der Waals surface area contributed by atoms with E-state index in [1.807, 2.05) is 41.0 Å². The second-order valence-electron chi connectivity index (χ2n) is 5.99. The summed E-state index contributed by atoms with van der Waals surface area (Å²) in [5, 5.41) is 0. The zero-order chi connectivity index (χ0) is 18.8. The van der Waals surface area contributed by atoms with Crippen LogP contribution in [0.3, 0.4) is 0 Å². The summed E-state index contributed by atoms with van der Waals surface area (Å²) in [6.07, 6.45) is 6.86. The van der Waals surface area contributed by atoms with Crippen LogP contribution in [0.1, 0.15) is 0 Å². The number of rotatable bonds is 4. The van der Waals surface area contributed by atoms with Gasteiger partial charge in [0.15, 0.2) is 0 Å². The van der Waals surface area contributed by atoms with Gasteiger partial charge in [0.1, 0.15) is 11.6 Å². The third kappa shape index (κ3) is 3.44. The van der Waals surface area contributed by atoms with Crippen molar-refractivity contribution in [1.82, 2.24) is 14.5 Å². The van der Waals surface area contributed by atoms with E-state index in [0.29, 0.717) is 0 Å². The minimum absolute atomic E-state index is 0.280. The first-order chi connectivity index (χ1) is 13.1. The van der Waals surface area contributed by atoms with E-state index in [1.54, 1.807) is 37.0 Å². The highest BCUT2D eigenvalue weighted by Gasteiger charge is 2.15. The summed E-state index contributed by atoms with van der Waals surface area (Å²) in [5.74, 6) is 0.464. The third-order valence-electron chi connectivity index (χ3n) is 4.27. The molecule has 0 bridgehead atoms. The van der Waals surface area contributed by atoms with E-state index in [2.05, 4.69) is 9.97 Å². The fraction of sp³-hybridized carbons (Fsp3) is 0.0476. The first-order valence-electron chi connectivity index (χ1n) is 8.31. The van der Waals surface area contributed by atoms with Crippen molar-refractivity contribution in [2.75, 3.05) is 6.26 Å². The molecular weight excluding hydrogens is 361 g/mol. The molecule has 0 amide bonds. The Balaban J connectivity index is 1.89. The molecule has 0 fully saturated rings. The van der Waals surface area contributed by atoms with E-state index < -0.39 is 10.8 Å². The van der Waals surface area contributed by atoms with Gasteiger partial charge in [-0.25, -0.2) is 9.37 Å². The van der Waals surface area contributed by atoms with Crippen molar-refractivity contribution >= 4 is 10.8 Å². The fourth-order valence-corrected chi connectivity index (χ4v) is 3.45. The van der Waals surface area contributed by atoms with Crippen LogP contribution in [0.25, 0.3) is 28.3 Å². The average molecular weight is 377 g/mol. The first-order valence-corrected chi connectivity index (χ1v) is 9.87. The molecule has 2 aromatic carbocycles. The Bertz CT molecular complexity index is 1090. The molecule has 0 radical (unpaired) electrons. The van der Waals surface area contributed by atoms with Crippen LogP contribution in [0.5, 0.6) is 0 Å². The number of nitrogens with zero attached hydrogens (tertiary/aromatic N) is 3. The molecule has 134 valence electrons. The molecule has 0 saturated heterocycles. The monoisotopic (exact) mass is 377 g/mol. The third-order valence-corrected chi connectivity index (χ3v) is 5.20. The van der Waals surface area contributed by atoms with E-state index in [1.165, 1.54) is 12.1 Å². The highest BCUT2D eigenvalue weighted by atomic mass is 32.2. The minimum atomic E-state index is -1.03. The van der Waals surface area contributed by atoms with Crippen LogP contribution in [0, 0.1) is 5.82 Å². The fourth-order valence-electron chi connectivity index (χ4n) is 2.93. The number of hydrogen-bond donors (Lipinski definition) is 0. The molecule has 4 aromatic rings. The van der Waals surface area contributed by atoms with Gasteiger partial charge in [-0.3, -0.25) is 13.8 Å². The van der Waals surface area contributed by atoms with Crippen molar-refractivity contribution < 1.29 is 8.60 Å². The molecule has 0 N–H and O–H groups in total. The van der Waals surface area contributed by atoms with Gasteiger partial charge in [-0.1, -0.05) is 12.1 Å². The van der Waals surface area contributed by atoms with E-state index in [0.717, 1.165) is 33.2 Å². The van der Waals surface area contributed by atoms with Crippen LogP contribution in [-0.4, -0.2) is 25.0 Å². The van der Waals surface area contributed by atoms with Crippen LogP contribution in [0.2, 0.25) is 0 Å². The SMILES string of the molecule is CS(=O)c1ccc(-c2ncc(-c3ccc(F)cc3)n2-c2ccncc2)cc1. The van der Waals surface area contributed by atoms with E-state index in [-0.39, 0.29) is 5.82 Å². The molecule has 1 unspecified atom stereocenters. The van der Waals surface area contributed by atoms with Gasteiger partial charge in [0.25, 0.3) is 0 Å². The van der Waals surface area contributed by atoms with Crippen molar-refractivity contribution in [2.24, 2.45) is 0 Å². The second-order valence-corrected chi connectivity index (χ2v) is 7.37. The first kappa shape index (κ1) is 17.3. The van der Waals surface area contributed by atoms with Crippen molar-refractivity contribution in [3.63, 3.8) is 0 Å². The van der Waals surface area contributed by atoms with Gasteiger partial charge >= 0.3 is 0 Å². The molecule has 0 saturated carbocycles. The van der Waals surface area contributed by atoms with Gasteiger partial charge in [-0.2, -0.15) is 0 Å². The molecule has 2 heterocycles. The Kier molecular flexibility index (Phi) is 4.64. The Morgan fingerprint density at radius 3 is 2.15 bits per heavy atom. The quantitative estimate of drug-likeness (QED) is 0.527. The van der Waals surface area contributed by atoms with Crippen LogP contribution >= 0.6 is 0 Å². The topological polar surface area (TPSA) is 47.8 Å². The summed E-state index contributed by atoms with van der Waals surface area (Å²) in [4.78, 5) is 9.46.